The van der Waals surface area contributed by atoms with Crippen LogP contribution in [0.5, 0.6) is 0 Å². The van der Waals surface area contributed by atoms with Crippen molar-refractivity contribution in [2.45, 2.75) is 42.9 Å². The number of rotatable bonds is 5. The van der Waals surface area contributed by atoms with Gasteiger partial charge in [0, 0.05) is 14.8 Å². The first-order chi connectivity index (χ1) is 10.3. The lowest BCUT2D eigenvalue weighted by atomic mass is 9.98. The van der Waals surface area contributed by atoms with Crippen LogP contribution in [0.4, 0.5) is 0 Å². The number of hydrogen-bond donors (Lipinski definition) is 1. The van der Waals surface area contributed by atoms with Gasteiger partial charge in [0.1, 0.15) is 5.01 Å². The molecule has 0 aliphatic heterocycles. The smallest absolute Gasteiger partial charge is 0.103 e. The van der Waals surface area contributed by atoms with Gasteiger partial charge in [-0.2, -0.15) is 0 Å². The Morgan fingerprint density at radius 3 is 3.19 bits per heavy atom. The van der Waals surface area contributed by atoms with Crippen LogP contribution >= 0.6 is 34.7 Å². The van der Waals surface area contributed by atoms with E-state index in [1.165, 1.54) is 39.7 Å². The predicted octanol–water partition coefficient (Wildman–Crippen LogP) is 5.08. The van der Waals surface area contributed by atoms with E-state index in [1.807, 2.05) is 41.3 Å². The number of halogens is 1. The van der Waals surface area contributed by atoms with Crippen molar-refractivity contribution in [1.82, 2.24) is 10.3 Å². The Bertz CT molecular complexity index is 612. The van der Waals surface area contributed by atoms with E-state index < -0.39 is 0 Å². The molecule has 1 heterocycles. The highest BCUT2D eigenvalue weighted by molar-refractivity contribution is 7.98. The molecule has 1 atom stereocenters. The van der Waals surface area contributed by atoms with Gasteiger partial charge in [-0.15, -0.1) is 23.1 Å². The first-order valence-corrected chi connectivity index (χ1v) is 9.54. The van der Waals surface area contributed by atoms with Crippen LogP contribution in [0, 0.1) is 0 Å². The van der Waals surface area contributed by atoms with E-state index in [-0.39, 0.29) is 0 Å². The van der Waals surface area contributed by atoms with Gasteiger partial charge in [0.05, 0.1) is 17.5 Å². The fourth-order valence-corrected chi connectivity index (χ4v) is 5.05. The molecule has 0 spiro atoms. The molecule has 0 radical (unpaired) electrons. The molecule has 5 heteroatoms. The summed E-state index contributed by atoms with van der Waals surface area (Å²) in [5.74, 6) is 0.927. The monoisotopic (exact) mass is 338 g/mol. The first-order valence-electron chi connectivity index (χ1n) is 7.36. The highest BCUT2D eigenvalue weighted by atomic mass is 35.5. The maximum absolute atomic E-state index is 6.03. The largest absolute Gasteiger partial charge is 0.309 e. The van der Waals surface area contributed by atoms with E-state index in [9.17, 15) is 0 Å². The Morgan fingerprint density at radius 2 is 2.38 bits per heavy atom. The molecular weight excluding hydrogens is 320 g/mol. The summed E-state index contributed by atoms with van der Waals surface area (Å²) in [7, 11) is 0. The van der Waals surface area contributed by atoms with Gasteiger partial charge in [-0.25, -0.2) is 4.98 Å². The zero-order chi connectivity index (χ0) is 14.7. The van der Waals surface area contributed by atoms with Crippen molar-refractivity contribution in [2.75, 3.05) is 6.54 Å². The second-order valence-corrected chi connectivity index (χ2v) is 7.82. The standard InChI is InChI=1S/C16H19ClN2S2/c1-2-18-13-7-4-8-14-16(13)19-15(21-14)10-20-12-6-3-5-11(17)9-12/h3,5-6,9,13,18H,2,4,7-8,10H2,1H3. The third kappa shape index (κ3) is 3.81. The maximum Gasteiger partial charge on any atom is 0.103 e. The number of fused-ring (bicyclic) bond motifs is 1. The van der Waals surface area contributed by atoms with Crippen molar-refractivity contribution in [3.05, 3.63) is 44.9 Å². The van der Waals surface area contributed by atoms with Gasteiger partial charge in [-0.1, -0.05) is 24.6 Å². The molecule has 2 aromatic rings. The minimum absolute atomic E-state index is 0.458. The molecule has 1 aliphatic rings. The summed E-state index contributed by atoms with van der Waals surface area (Å²) < 4.78 is 0. The lowest BCUT2D eigenvalue weighted by molar-refractivity contribution is 0.465. The third-order valence-corrected chi connectivity index (χ3v) is 6.16. The molecule has 0 amide bonds. The molecule has 1 N–H and O–H groups in total. The van der Waals surface area contributed by atoms with Crippen LogP contribution in [-0.4, -0.2) is 11.5 Å². The Hall–Kier alpha value is -0.550. The van der Waals surface area contributed by atoms with Crippen LogP contribution in [-0.2, 0) is 12.2 Å². The zero-order valence-corrected chi connectivity index (χ0v) is 14.5. The number of thioether (sulfide) groups is 1. The molecule has 3 rings (SSSR count). The van der Waals surface area contributed by atoms with E-state index in [1.54, 1.807) is 0 Å². The fourth-order valence-electron chi connectivity index (χ4n) is 2.68. The summed E-state index contributed by atoms with van der Waals surface area (Å²) in [6, 6.07) is 8.49. The highest BCUT2D eigenvalue weighted by Gasteiger charge is 2.23. The van der Waals surface area contributed by atoms with Crippen molar-refractivity contribution < 1.29 is 0 Å². The number of hydrogen-bond acceptors (Lipinski definition) is 4. The molecule has 2 nitrogen and oxygen atoms in total. The van der Waals surface area contributed by atoms with E-state index in [0.29, 0.717) is 6.04 Å². The van der Waals surface area contributed by atoms with Gasteiger partial charge in [0.15, 0.2) is 0 Å². The van der Waals surface area contributed by atoms with Crippen molar-refractivity contribution in [3.8, 4) is 0 Å². The van der Waals surface area contributed by atoms with Gasteiger partial charge in [0.25, 0.3) is 0 Å². The number of nitrogens with zero attached hydrogens (tertiary/aromatic N) is 1. The summed E-state index contributed by atoms with van der Waals surface area (Å²) >= 11 is 9.72. The zero-order valence-electron chi connectivity index (χ0n) is 12.1. The van der Waals surface area contributed by atoms with Crippen LogP contribution < -0.4 is 5.32 Å². The van der Waals surface area contributed by atoms with Gasteiger partial charge in [-0.3, -0.25) is 0 Å². The molecule has 1 aliphatic carbocycles. The van der Waals surface area contributed by atoms with Crippen molar-refractivity contribution in [3.63, 3.8) is 0 Å². The fraction of sp³-hybridized carbons (Fsp3) is 0.438. The molecule has 1 unspecified atom stereocenters. The average molecular weight is 339 g/mol. The molecular formula is C16H19ClN2S2. The Morgan fingerprint density at radius 1 is 1.48 bits per heavy atom. The van der Waals surface area contributed by atoms with Gasteiger partial charge < -0.3 is 5.32 Å². The number of nitrogens with one attached hydrogen (secondary N) is 1. The van der Waals surface area contributed by atoms with Crippen LogP contribution in [0.25, 0.3) is 0 Å². The molecule has 112 valence electrons. The molecule has 0 bridgehead atoms. The van der Waals surface area contributed by atoms with Gasteiger partial charge >= 0.3 is 0 Å². The van der Waals surface area contributed by atoms with Crippen LogP contribution in [0.2, 0.25) is 5.02 Å². The minimum Gasteiger partial charge on any atom is -0.309 e. The van der Waals surface area contributed by atoms with Gasteiger partial charge in [0.2, 0.25) is 0 Å². The summed E-state index contributed by atoms with van der Waals surface area (Å²) in [5.41, 5.74) is 1.30. The van der Waals surface area contributed by atoms with E-state index >= 15 is 0 Å². The lowest BCUT2D eigenvalue weighted by Crippen LogP contribution is -2.24. The molecule has 1 aromatic heterocycles. The Kier molecular flexibility index (Phi) is 5.22. The third-order valence-electron chi connectivity index (χ3n) is 3.61. The quantitative estimate of drug-likeness (QED) is 0.770. The predicted molar refractivity (Wildman–Crippen MR) is 92.5 cm³/mol. The lowest BCUT2D eigenvalue weighted by Gasteiger charge is -2.21. The average Bonchev–Trinajstić information content (AvgIpc) is 2.90. The molecule has 21 heavy (non-hydrogen) atoms. The second kappa shape index (κ2) is 7.14. The van der Waals surface area contributed by atoms with E-state index in [4.69, 9.17) is 16.6 Å². The van der Waals surface area contributed by atoms with E-state index in [0.717, 1.165) is 17.3 Å². The Balaban J connectivity index is 1.69. The number of thiazole rings is 1. The van der Waals surface area contributed by atoms with Crippen LogP contribution in [0.3, 0.4) is 0 Å². The van der Waals surface area contributed by atoms with Crippen molar-refractivity contribution >= 4 is 34.7 Å². The number of aryl methyl sites for hydroxylation is 1. The Labute approximate surface area is 139 Å². The highest BCUT2D eigenvalue weighted by Crippen LogP contribution is 2.35. The number of aromatic nitrogens is 1. The summed E-state index contributed by atoms with van der Waals surface area (Å²) in [6.45, 7) is 3.17. The second-order valence-electron chi connectivity index (χ2n) is 5.16. The normalized spacial score (nSPS) is 17.7. The molecule has 0 saturated heterocycles. The summed E-state index contributed by atoms with van der Waals surface area (Å²) in [4.78, 5) is 7.58. The first kappa shape index (κ1) is 15.3. The molecule has 1 aromatic carbocycles. The number of benzene rings is 1. The minimum atomic E-state index is 0.458. The van der Waals surface area contributed by atoms with Gasteiger partial charge in [-0.05, 0) is 44.0 Å². The molecule has 0 fully saturated rings. The van der Waals surface area contributed by atoms with Crippen LogP contribution in [0.1, 0.15) is 41.4 Å². The topological polar surface area (TPSA) is 24.9 Å². The van der Waals surface area contributed by atoms with Crippen molar-refractivity contribution in [1.29, 1.82) is 0 Å². The SMILES string of the molecule is CCNC1CCCc2sc(CSc3cccc(Cl)c3)nc21. The molecule has 0 saturated carbocycles. The summed E-state index contributed by atoms with van der Waals surface area (Å²) in [6.07, 6.45) is 3.68. The van der Waals surface area contributed by atoms with Crippen molar-refractivity contribution in [2.24, 2.45) is 0 Å². The van der Waals surface area contributed by atoms with Crippen LogP contribution in [0.15, 0.2) is 29.2 Å². The maximum atomic E-state index is 6.03. The summed E-state index contributed by atoms with van der Waals surface area (Å²) in [5, 5.41) is 5.58. The van der Waals surface area contributed by atoms with E-state index in [2.05, 4.69) is 18.3 Å².